The minimum Gasteiger partial charge on any atom is -0.489 e. The van der Waals surface area contributed by atoms with Gasteiger partial charge in [-0.3, -0.25) is 20.0 Å². The summed E-state index contributed by atoms with van der Waals surface area (Å²) < 4.78 is 24.4. The molecule has 0 radical (unpaired) electrons. The minimum atomic E-state index is -0.466. The molecule has 2 heterocycles. The van der Waals surface area contributed by atoms with E-state index >= 15 is 0 Å². The molecule has 3 aromatic carbocycles. The molecule has 0 spiro atoms. The summed E-state index contributed by atoms with van der Waals surface area (Å²) in [5.74, 6) is -0.342. The van der Waals surface area contributed by atoms with Crippen molar-refractivity contribution in [2.24, 2.45) is 0 Å². The van der Waals surface area contributed by atoms with Gasteiger partial charge < -0.3 is 9.47 Å². The Morgan fingerprint density at radius 2 is 1.91 bits per heavy atom. The van der Waals surface area contributed by atoms with E-state index in [0.717, 1.165) is 5.56 Å². The number of nitro benzene ring substituents is 1. The number of rotatable bonds is 6. The highest BCUT2D eigenvalue weighted by Crippen LogP contribution is 2.43. The molecule has 4 aromatic rings. The summed E-state index contributed by atoms with van der Waals surface area (Å²) in [4.78, 5) is 23.0. The van der Waals surface area contributed by atoms with Crippen molar-refractivity contribution in [3.8, 4) is 22.9 Å². The number of H-pyrrole nitrogens is 1. The molecule has 9 heteroatoms. The van der Waals surface area contributed by atoms with Gasteiger partial charge in [0.25, 0.3) is 5.69 Å². The van der Waals surface area contributed by atoms with E-state index in [9.17, 15) is 19.3 Å². The Balaban J connectivity index is 1.43. The summed E-state index contributed by atoms with van der Waals surface area (Å²) in [6.07, 6.45) is 0.0952. The van der Waals surface area contributed by atoms with Crippen molar-refractivity contribution >= 4 is 11.7 Å². The molecule has 1 atom stereocenters. The Hall–Kier alpha value is -4.53. The summed E-state index contributed by atoms with van der Waals surface area (Å²) in [5.41, 5.74) is 3.29. The lowest BCUT2D eigenvalue weighted by Crippen LogP contribution is -2.20. The normalized spacial score (nSPS) is 14.9. The maximum absolute atomic E-state index is 13.4. The van der Waals surface area contributed by atoms with Crippen LogP contribution in [0, 0.1) is 15.9 Å². The summed E-state index contributed by atoms with van der Waals surface area (Å²) in [6, 6.07) is 19.6. The van der Waals surface area contributed by atoms with E-state index in [4.69, 9.17) is 9.47 Å². The third-order valence-corrected chi connectivity index (χ3v) is 5.62. The Morgan fingerprint density at radius 1 is 1.12 bits per heavy atom. The van der Waals surface area contributed by atoms with Crippen LogP contribution >= 0.6 is 0 Å². The van der Waals surface area contributed by atoms with E-state index in [1.165, 1.54) is 24.3 Å². The van der Waals surface area contributed by atoms with Crippen LogP contribution in [0.2, 0.25) is 0 Å². The third-order valence-electron chi connectivity index (χ3n) is 5.62. The molecule has 170 valence electrons. The van der Waals surface area contributed by atoms with Crippen molar-refractivity contribution in [2.75, 3.05) is 0 Å². The van der Waals surface area contributed by atoms with E-state index in [1.807, 2.05) is 12.1 Å². The molecule has 5 rings (SSSR count). The average molecular weight is 459 g/mol. The number of hydrogen-bond donors (Lipinski definition) is 1. The maximum atomic E-state index is 13.4. The number of aromatic amines is 1. The molecule has 1 aromatic heterocycles. The van der Waals surface area contributed by atoms with Crippen molar-refractivity contribution < 1.29 is 23.6 Å². The molecule has 8 nitrogen and oxygen atoms in total. The van der Waals surface area contributed by atoms with Gasteiger partial charge in [-0.15, -0.1) is 5.10 Å². The van der Waals surface area contributed by atoms with Gasteiger partial charge in [-0.2, -0.15) is 0 Å². The largest absolute Gasteiger partial charge is 0.489 e. The maximum Gasteiger partial charge on any atom is 0.313 e. The molecule has 0 saturated heterocycles. The summed E-state index contributed by atoms with van der Waals surface area (Å²) in [7, 11) is 0. The minimum absolute atomic E-state index is 0.0509. The van der Waals surface area contributed by atoms with Crippen LogP contribution in [0.4, 0.5) is 10.1 Å². The second-order valence-electron chi connectivity index (χ2n) is 7.84. The number of ether oxygens (including phenoxy) is 2. The molecule has 1 aliphatic rings. The van der Waals surface area contributed by atoms with Crippen LogP contribution in [-0.2, 0) is 11.4 Å². The predicted octanol–water partition coefficient (Wildman–Crippen LogP) is 5.14. The number of carbonyl (C=O) groups excluding carboxylic acids is 1. The van der Waals surface area contributed by atoms with Gasteiger partial charge in [0.05, 0.1) is 22.6 Å². The fourth-order valence-corrected chi connectivity index (χ4v) is 4.02. The lowest BCUT2D eigenvalue weighted by Gasteiger charge is -2.22. The first-order valence-corrected chi connectivity index (χ1v) is 10.5. The van der Waals surface area contributed by atoms with Crippen LogP contribution in [0.25, 0.3) is 11.3 Å². The highest BCUT2D eigenvalue weighted by Gasteiger charge is 2.34. The van der Waals surface area contributed by atoms with Crippen LogP contribution in [0.1, 0.15) is 29.0 Å². The fourth-order valence-electron chi connectivity index (χ4n) is 4.02. The number of nitro groups is 1. The van der Waals surface area contributed by atoms with Crippen molar-refractivity contribution in [2.45, 2.75) is 18.9 Å². The van der Waals surface area contributed by atoms with Crippen LogP contribution < -0.4 is 9.47 Å². The molecular weight excluding hydrogens is 441 g/mol. The Kier molecular flexibility index (Phi) is 5.51. The number of non-ortho nitro benzene ring substituents is 1. The van der Waals surface area contributed by atoms with Gasteiger partial charge in [-0.1, -0.05) is 36.4 Å². The zero-order valence-electron chi connectivity index (χ0n) is 17.7. The third kappa shape index (κ3) is 4.23. The topological polar surface area (TPSA) is 107 Å². The van der Waals surface area contributed by atoms with Crippen LogP contribution in [0.5, 0.6) is 11.6 Å². The van der Waals surface area contributed by atoms with Crippen LogP contribution in [0.15, 0.2) is 72.8 Å². The molecule has 1 aliphatic heterocycles. The molecule has 0 bridgehead atoms. The number of benzene rings is 3. The average Bonchev–Trinajstić information content (AvgIpc) is 3.26. The van der Waals surface area contributed by atoms with E-state index < -0.39 is 10.9 Å². The quantitative estimate of drug-likeness (QED) is 0.243. The first kappa shape index (κ1) is 21.3. The van der Waals surface area contributed by atoms with Crippen molar-refractivity contribution in [1.82, 2.24) is 10.2 Å². The number of nitrogens with zero attached hydrogens (tertiary/aromatic N) is 2. The van der Waals surface area contributed by atoms with Crippen LogP contribution in [-0.4, -0.2) is 21.1 Å². The first-order chi connectivity index (χ1) is 16.5. The number of hydrogen-bond acceptors (Lipinski definition) is 6. The van der Waals surface area contributed by atoms with Crippen molar-refractivity contribution in [3.63, 3.8) is 0 Å². The first-order valence-electron chi connectivity index (χ1n) is 10.5. The lowest BCUT2D eigenvalue weighted by atomic mass is 9.85. The molecule has 0 saturated carbocycles. The van der Waals surface area contributed by atoms with Gasteiger partial charge in [0.1, 0.15) is 18.2 Å². The Bertz CT molecular complexity index is 1380. The number of esters is 1. The van der Waals surface area contributed by atoms with Gasteiger partial charge in [-0.05, 0) is 35.4 Å². The fraction of sp³-hybridized carbons (Fsp3) is 0.120. The SMILES string of the molecule is O=C1C[C@@H](c2ccc(OCc3cccc(F)c3)cc2)c2c(n[nH]c2-c2cccc([N+](=O)[O-])c2)O1. The monoisotopic (exact) mass is 459 g/mol. The molecule has 0 amide bonds. The number of halogens is 1. The highest BCUT2D eigenvalue weighted by atomic mass is 19.1. The van der Waals surface area contributed by atoms with Gasteiger partial charge in [0.2, 0.25) is 5.88 Å². The Labute approximate surface area is 193 Å². The zero-order chi connectivity index (χ0) is 23.7. The molecule has 34 heavy (non-hydrogen) atoms. The molecule has 0 unspecified atom stereocenters. The molecule has 0 fully saturated rings. The summed E-state index contributed by atoms with van der Waals surface area (Å²) in [5, 5.41) is 18.2. The lowest BCUT2D eigenvalue weighted by molar-refractivity contribution is -0.384. The molecule has 0 aliphatic carbocycles. The second-order valence-corrected chi connectivity index (χ2v) is 7.84. The number of fused-ring (bicyclic) bond motifs is 1. The summed E-state index contributed by atoms with van der Waals surface area (Å²) >= 11 is 0. The molecular formula is C25H18FN3O5. The van der Waals surface area contributed by atoms with E-state index in [0.29, 0.717) is 28.1 Å². The van der Waals surface area contributed by atoms with Crippen LogP contribution in [0.3, 0.4) is 0 Å². The number of carbonyl (C=O) groups is 1. The number of aromatic nitrogens is 2. The molecule has 1 N–H and O–H groups in total. The van der Waals surface area contributed by atoms with Gasteiger partial charge in [0.15, 0.2) is 0 Å². The van der Waals surface area contributed by atoms with Gasteiger partial charge in [-0.25, -0.2) is 4.39 Å². The summed E-state index contributed by atoms with van der Waals surface area (Å²) in [6.45, 7) is 0.218. The zero-order valence-corrected chi connectivity index (χ0v) is 17.7. The second kappa shape index (κ2) is 8.78. The predicted molar refractivity (Wildman–Crippen MR) is 120 cm³/mol. The van der Waals surface area contributed by atoms with Gasteiger partial charge in [0, 0.05) is 23.6 Å². The highest BCUT2D eigenvalue weighted by molar-refractivity contribution is 5.80. The van der Waals surface area contributed by atoms with E-state index in [-0.39, 0.29) is 36.3 Å². The van der Waals surface area contributed by atoms with E-state index in [2.05, 4.69) is 10.2 Å². The van der Waals surface area contributed by atoms with Crippen molar-refractivity contribution in [1.29, 1.82) is 0 Å². The standard InChI is InChI=1S/C25H18FN3O5/c26-18-5-1-3-15(11-18)14-33-20-9-7-16(8-10-20)21-13-22(30)34-25-23(21)24(27-28-25)17-4-2-6-19(12-17)29(31)32/h1-12,21H,13-14H2,(H,27,28)/t21-/m0/s1. The van der Waals surface area contributed by atoms with E-state index in [1.54, 1.807) is 36.4 Å². The van der Waals surface area contributed by atoms with Crippen molar-refractivity contribution in [3.05, 3.63) is 105 Å². The smallest absolute Gasteiger partial charge is 0.313 e. The van der Waals surface area contributed by atoms with Gasteiger partial charge >= 0.3 is 5.97 Å². The number of nitrogens with one attached hydrogen (secondary N) is 1. The Morgan fingerprint density at radius 3 is 2.68 bits per heavy atom.